The van der Waals surface area contributed by atoms with Gasteiger partial charge in [-0.15, -0.1) is 0 Å². The molecule has 8 heteroatoms. The lowest BCUT2D eigenvalue weighted by molar-refractivity contribution is -0.385. The van der Waals surface area contributed by atoms with E-state index in [1.54, 1.807) is 0 Å². The third-order valence-electron chi connectivity index (χ3n) is 3.86. The Morgan fingerprint density at radius 1 is 1.48 bits per heavy atom. The minimum atomic E-state index is -3.73. The molecule has 0 saturated carbocycles. The quantitative estimate of drug-likeness (QED) is 0.652. The summed E-state index contributed by atoms with van der Waals surface area (Å²) in [5, 5.41) is 19.9. The third kappa shape index (κ3) is 3.07. The largest absolute Gasteiger partial charge is 0.396 e. The summed E-state index contributed by atoms with van der Waals surface area (Å²) >= 11 is 0. The van der Waals surface area contributed by atoms with Gasteiger partial charge in [-0.05, 0) is 31.7 Å². The maximum atomic E-state index is 12.6. The predicted molar refractivity (Wildman–Crippen MR) is 76.4 cm³/mol. The number of hydrogen-bond acceptors (Lipinski definition) is 5. The summed E-state index contributed by atoms with van der Waals surface area (Å²) in [7, 11) is -3.73. The molecule has 0 bridgehead atoms. The van der Waals surface area contributed by atoms with Crippen LogP contribution in [0.3, 0.4) is 0 Å². The zero-order valence-electron chi connectivity index (χ0n) is 11.7. The van der Waals surface area contributed by atoms with Crippen LogP contribution >= 0.6 is 0 Å². The molecule has 1 aromatic rings. The van der Waals surface area contributed by atoms with E-state index in [1.165, 1.54) is 29.4 Å². The van der Waals surface area contributed by atoms with E-state index in [1.807, 2.05) is 0 Å². The molecule has 0 radical (unpaired) electrons. The molecule has 7 nitrogen and oxygen atoms in total. The normalized spacial score (nSPS) is 19.8. The number of aliphatic hydroxyl groups excluding tert-OH is 1. The molecule has 1 unspecified atom stereocenters. The van der Waals surface area contributed by atoms with Crippen LogP contribution in [0.4, 0.5) is 5.69 Å². The lowest BCUT2D eigenvalue weighted by atomic mass is 10.1. The van der Waals surface area contributed by atoms with Crippen molar-refractivity contribution in [3.63, 3.8) is 0 Å². The van der Waals surface area contributed by atoms with Gasteiger partial charge in [-0.3, -0.25) is 10.1 Å². The second-order valence-electron chi connectivity index (χ2n) is 5.19. The van der Waals surface area contributed by atoms with Crippen molar-refractivity contribution in [1.82, 2.24) is 4.31 Å². The number of sulfonamides is 1. The number of nitrogens with zero attached hydrogens (tertiary/aromatic N) is 2. The van der Waals surface area contributed by atoms with Crippen LogP contribution in [0.15, 0.2) is 23.1 Å². The molecule has 0 aliphatic carbocycles. The van der Waals surface area contributed by atoms with Crippen LogP contribution in [0.1, 0.15) is 18.4 Å². The van der Waals surface area contributed by atoms with E-state index in [-0.39, 0.29) is 28.7 Å². The molecule has 1 aromatic carbocycles. The Bertz CT molecular complexity index is 644. The van der Waals surface area contributed by atoms with Crippen LogP contribution in [0.2, 0.25) is 0 Å². The van der Waals surface area contributed by atoms with Crippen molar-refractivity contribution in [1.29, 1.82) is 0 Å². The maximum absolute atomic E-state index is 12.6. The summed E-state index contributed by atoms with van der Waals surface area (Å²) < 4.78 is 26.6. The fourth-order valence-electron chi connectivity index (χ4n) is 2.65. The molecular weight excluding hydrogens is 296 g/mol. The topological polar surface area (TPSA) is 101 Å². The average Bonchev–Trinajstić information content (AvgIpc) is 2.88. The molecule has 1 heterocycles. The molecule has 1 fully saturated rings. The Balaban J connectivity index is 2.33. The number of benzene rings is 1. The molecule has 0 aromatic heterocycles. The molecule has 1 N–H and O–H groups in total. The van der Waals surface area contributed by atoms with Crippen molar-refractivity contribution in [2.45, 2.75) is 24.7 Å². The minimum absolute atomic E-state index is 0.0126. The van der Waals surface area contributed by atoms with Crippen molar-refractivity contribution in [2.24, 2.45) is 5.92 Å². The highest BCUT2D eigenvalue weighted by atomic mass is 32.2. The van der Waals surface area contributed by atoms with Crippen LogP contribution in [0, 0.1) is 23.0 Å². The third-order valence-corrected chi connectivity index (χ3v) is 5.87. The Morgan fingerprint density at radius 3 is 2.81 bits per heavy atom. The van der Waals surface area contributed by atoms with Gasteiger partial charge in [0.05, 0.1) is 9.82 Å². The van der Waals surface area contributed by atoms with E-state index in [0.717, 1.165) is 0 Å². The average molecular weight is 314 g/mol. The number of hydrogen-bond donors (Lipinski definition) is 1. The zero-order valence-corrected chi connectivity index (χ0v) is 12.5. The summed E-state index contributed by atoms with van der Waals surface area (Å²) in [6, 6.07) is 4.09. The van der Waals surface area contributed by atoms with E-state index < -0.39 is 14.9 Å². The monoisotopic (exact) mass is 314 g/mol. The van der Waals surface area contributed by atoms with Gasteiger partial charge in [-0.25, -0.2) is 8.42 Å². The van der Waals surface area contributed by atoms with E-state index in [0.29, 0.717) is 25.9 Å². The molecule has 2 rings (SSSR count). The SMILES string of the molecule is Cc1c([N+](=O)[O-])cccc1S(=O)(=O)N1CCC(CCO)C1. The van der Waals surface area contributed by atoms with Crippen LogP contribution < -0.4 is 0 Å². The maximum Gasteiger partial charge on any atom is 0.273 e. The van der Waals surface area contributed by atoms with Gasteiger partial charge in [0.15, 0.2) is 0 Å². The van der Waals surface area contributed by atoms with Crippen LogP contribution in [0.5, 0.6) is 0 Å². The molecule has 116 valence electrons. The summed E-state index contributed by atoms with van der Waals surface area (Å²) in [5.41, 5.74) is -0.0321. The highest BCUT2D eigenvalue weighted by Crippen LogP contribution is 2.30. The molecular formula is C13H18N2O5S. The zero-order chi connectivity index (χ0) is 15.6. The molecule has 1 saturated heterocycles. The van der Waals surface area contributed by atoms with Crippen LogP contribution in [0.25, 0.3) is 0 Å². The lowest BCUT2D eigenvalue weighted by Crippen LogP contribution is -2.29. The first-order chi connectivity index (χ1) is 9.87. The first kappa shape index (κ1) is 15.9. The van der Waals surface area contributed by atoms with Crippen molar-refractivity contribution in [2.75, 3.05) is 19.7 Å². The Morgan fingerprint density at radius 2 is 2.19 bits per heavy atom. The van der Waals surface area contributed by atoms with E-state index in [2.05, 4.69) is 0 Å². The molecule has 1 atom stereocenters. The predicted octanol–water partition coefficient (Wildman–Crippen LogP) is 1.30. The van der Waals surface area contributed by atoms with Crippen molar-refractivity contribution in [3.05, 3.63) is 33.9 Å². The summed E-state index contributed by atoms with van der Waals surface area (Å²) in [4.78, 5) is 10.3. The van der Waals surface area contributed by atoms with E-state index in [4.69, 9.17) is 5.11 Å². The highest BCUT2D eigenvalue weighted by Gasteiger charge is 2.34. The molecule has 0 spiro atoms. The van der Waals surface area contributed by atoms with Crippen LogP contribution in [-0.2, 0) is 10.0 Å². The number of aliphatic hydroxyl groups is 1. The van der Waals surface area contributed by atoms with E-state index >= 15 is 0 Å². The minimum Gasteiger partial charge on any atom is -0.396 e. The van der Waals surface area contributed by atoms with Crippen molar-refractivity contribution in [3.8, 4) is 0 Å². The van der Waals surface area contributed by atoms with E-state index in [9.17, 15) is 18.5 Å². The lowest BCUT2D eigenvalue weighted by Gasteiger charge is -2.17. The number of nitro groups is 1. The number of nitro benzene ring substituents is 1. The standard InChI is InChI=1S/C13H18N2O5S/c1-10-12(15(17)18)3-2-4-13(10)21(19,20)14-7-5-11(9-14)6-8-16/h2-4,11,16H,5-9H2,1H3. The van der Waals surface area contributed by atoms with Crippen molar-refractivity contribution >= 4 is 15.7 Å². The first-order valence-electron chi connectivity index (χ1n) is 6.73. The van der Waals surface area contributed by atoms with Gasteiger partial charge in [0.25, 0.3) is 5.69 Å². The molecule has 0 amide bonds. The van der Waals surface area contributed by atoms with Crippen LogP contribution in [-0.4, -0.2) is 42.4 Å². The smallest absolute Gasteiger partial charge is 0.273 e. The fraction of sp³-hybridized carbons (Fsp3) is 0.538. The summed E-state index contributed by atoms with van der Waals surface area (Å²) in [6.45, 7) is 2.22. The second-order valence-corrected chi connectivity index (χ2v) is 7.09. The summed E-state index contributed by atoms with van der Waals surface area (Å²) in [6.07, 6.45) is 1.27. The Kier molecular flexibility index (Phi) is 4.60. The summed E-state index contributed by atoms with van der Waals surface area (Å²) in [5.74, 6) is 0.142. The van der Waals surface area contributed by atoms with Gasteiger partial charge in [0.2, 0.25) is 10.0 Å². The second kappa shape index (κ2) is 6.08. The first-order valence-corrected chi connectivity index (χ1v) is 8.17. The van der Waals surface area contributed by atoms with Gasteiger partial charge in [-0.2, -0.15) is 4.31 Å². The van der Waals surface area contributed by atoms with Gasteiger partial charge < -0.3 is 5.11 Å². The Labute approximate surface area is 123 Å². The molecule has 1 aliphatic heterocycles. The highest BCUT2D eigenvalue weighted by molar-refractivity contribution is 7.89. The van der Waals surface area contributed by atoms with Gasteiger partial charge in [-0.1, -0.05) is 6.07 Å². The molecule has 21 heavy (non-hydrogen) atoms. The van der Waals surface area contributed by atoms with Gasteiger partial charge in [0, 0.05) is 31.3 Å². The fourth-order valence-corrected chi connectivity index (χ4v) is 4.43. The van der Waals surface area contributed by atoms with Crippen molar-refractivity contribution < 1.29 is 18.4 Å². The Hall–Kier alpha value is -1.51. The number of rotatable bonds is 5. The molecule has 1 aliphatic rings. The van der Waals surface area contributed by atoms with Gasteiger partial charge >= 0.3 is 0 Å². The van der Waals surface area contributed by atoms with Gasteiger partial charge in [0.1, 0.15) is 0 Å².